The van der Waals surface area contributed by atoms with Crippen LogP contribution in [0.5, 0.6) is 11.5 Å². The molecule has 0 aliphatic carbocycles. The minimum atomic E-state index is 0.350. The molecule has 2 aromatic heterocycles. The standard InChI is InChI=1S/C18H20N4O3/c1-3-15-22-16-17(20-10-21-18(16)25-15)19-8-11-6-12-4-5-13(23-2)7-14(12)24-9-11/h4-5,7,10-11H,3,6,8-9H2,1-2H3,(H,19,20,21). The average Bonchev–Trinajstić information content (AvgIpc) is 3.09. The number of ether oxygens (including phenoxy) is 2. The number of nitrogens with one attached hydrogen (secondary N) is 1. The molecule has 1 aliphatic heterocycles. The van der Waals surface area contributed by atoms with Gasteiger partial charge in [-0.15, -0.1) is 0 Å². The molecule has 3 heterocycles. The molecule has 0 saturated carbocycles. The number of hydrogen-bond acceptors (Lipinski definition) is 7. The topological polar surface area (TPSA) is 82.3 Å². The molecule has 7 heteroatoms. The van der Waals surface area contributed by atoms with E-state index in [-0.39, 0.29) is 0 Å². The van der Waals surface area contributed by atoms with Crippen molar-refractivity contribution in [3.8, 4) is 11.5 Å². The van der Waals surface area contributed by atoms with Crippen LogP contribution >= 0.6 is 0 Å². The first-order chi connectivity index (χ1) is 12.3. The van der Waals surface area contributed by atoms with Crippen molar-refractivity contribution < 1.29 is 13.9 Å². The van der Waals surface area contributed by atoms with E-state index in [1.807, 2.05) is 19.1 Å². The van der Waals surface area contributed by atoms with Gasteiger partial charge in [0.2, 0.25) is 0 Å². The van der Waals surface area contributed by atoms with Crippen LogP contribution in [0.2, 0.25) is 0 Å². The lowest BCUT2D eigenvalue weighted by Crippen LogP contribution is -2.27. The molecule has 0 amide bonds. The number of aryl methyl sites for hydroxylation is 1. The molecule has 0 saturated heterocycles. The van der Waals surface area contributed by atoms with Crippen LogP contribution in [0.15, 0.2) is 28.9 Å². The fraction of sp³-hybridized carbons (Fsp3) is 0.389. The van der Waals surface area contributed by atoms with Crippen LogP contribution in [0.3, 0.4) is 0 Å². The zero-order valence-corrected chi connectivity index (χ0v) is 14.3. The van der Waals surface area contributed by atoms with Crippen molar-refractivity contribution in [1.29, 1.82) is 0 Å². The molecular formula is C18H20N4O3. The first-order valence-electron chi connectivity index (χ1n) is 8.40. The van der Waals surface area contributed by atoms with E-state index in [9.17, 15) is 0 Å². The Morgan fingerprint density at radius 3 is 3.08 bits per heavy atom. The molecule has 4 rings (SSSR count). The normalized spacial score (nSPS) is 16.3. The molecule has 130 valence electrons. The molecule has 0 radical (unpaired) electrons. The average molecular weight is 340 g/mol. The van der Waals surface area contributed by atoms with E-state index in [1.165, 1.54) is 11.9 Å². The van der Waals surface area contributed by atoms with E-state index < -0.39 is 0 Å². The van der Waals surface area contributed by atoms with E-state index in [2.05, 4.69) is 26.3 Å². The van der Waals surface area contributed by atoms with E-state index in [4.69, 9.17) is 13.9 Å². The molecule has 7 nitrogen and oxygen atoms in total. The van der Waals surface area contributed by atoms with Gasteiger partial charge in [0, 0.05) is 24.9 Å². The zero-order valence-electron chi connectivity index (χ0n) is 14.3. The van der Waals surface area contributed by atoms with Crippen LogP contribution in [-0.2, 0) is 12.8 Å². The Hall–Kier alpha value is -2.83. The smallest absolute Gasteiger partial charge is 0.252 e. The van der Waals surface area contributed by atoms with Gasteiger partial charge in [-0.05, 0) is 18.1 Å². The summed E-state index contributed by atoms with van der Waals surface area (Å²) in [5, 5.41) is 3.37. The van der Waals surface area contributed by atoms with Gasteiger partial charge in [0.15, 0.2) is 17.2 Å². The number of rotatable bonds is 5. The summed E-state index contributed by atoms with van der Waals surface area (Å²) in [5.41, 5.74) is 2.40. The molecule has 1 aromatic carbocycles. The third-order valence-corrected chi connectivity index (χ3v) is 4.36. The second-order valence-corrected chi connectivity index (χ2v) is 6.07. The Morgan fingerprint density at radius 1 is 1.32 bits per heavy atom. The molecule has 0 bridgehead atoms. The van der Waals surface area contributed by atoms with Gasteiger partial charge in [0.05, 0.1) is 13.7 Å². The molecule has 1 unspecified atom stereocenters. The zero-order chi connectivity index (χ0) is 17.2. The summed E-state index contributed by atoms with van der Waals surface area (Å²) < 4.78 is 16.7. The summed E-state index contributed by atoms with van der Waals surface area (Å²) >= 11 is 0. The van der Waals surface area contributed by atoms with E-state index in [1.54, 1.807) is 7.11 Å². The number of benzene rings is 1. The van der Waals surface area contributed by atoms with Gasteiger partial charge in [-0.2, -0.15) is 4.98 Å². The highest BCUT2D eigenvalue weighted by atomic mass is 16.5. The highest BCUT2D eigenvalue weighted by Gasteiger charge is 2.21. The summed E-state index contributed by atoms with van der Waals surface area (Å²) in [4.78, 5) is 12.9. The predicted octanol–water partition coefficient (Wildman–Crippen LogP) is 2.85. The van der Waals surface area contributed by atoms with Crippen molar-refractivity contribution in [3.63, 3.8) is 0 Å². The van der Waals surface area contributed by atoms with E-state index in [0.29, 0.717) is 35.5 Å². The molecule has 1 aliphatic rings. The van der Waals surface area contributed by atoms with Crippen molar-refractivity contribution in [1.82, 2.24) is 15.0 Å². The lowest BCUT2D eigenvalue weighted by Gasteiger charge is -2.26. The fourth-order valence-electron chi connectivity index (χ4n) is 2.99. The summed E-state index contributed by atoms with van der Waals surface area (Å²) in [5.74, 6) is 3.44. The van der Waals surface area contributed by atoms with Gasteiger partial charge in [-0.3, -0.25) is 0 Å². The number of hydrogen-bond donors (Lipinski definition) is 1. The second-order valence-electron chi connectivity index (χ2n) is 6.07. The SMILES string of the molecule is CCc1nc2c(NCC3COc4cc(OC)ccc4C3)ncnc2o1. The van der Waals surface area contributed by atoms with Gasteiger partial charge < -0.3 is 19.2 Å². The second kappa shape index (κ2) is 6.58. The molecule has 1 N–H and O–H groups in total. The van der Waals surface area contributed by atoms with Crippen LogP contribution in [0.25, 0.3) is 11.2 Å². The molecule has 0 spiro atoms. The first-order valence-corrected chi connectivity index (χ1v) is 8.40. The fourth-order valence-corrected chi connectivity index (χ4v) is 2.99. The molecule has 1 atom stereocenters. The van der Waals surface area contributed by atoms with Crippen molar-refractivity contribution >= 4 is 17.0 Å². The van der Waals surface area contributed by atoms with Gasteiger partial charge in [0.25, 0.3) is 5.71 Å². The Balaban J connectivity index is 1.46. The van der Waals surface area contributed by atoms with Crippen molar-refractivity contribution in [2.45, 2.75) is 19.8 Å². The molecule has 3 aromatic rings. The molecule has 0 fully saturated rings. The summed E-state index contributed by atoms with van der Waals surface area (Å²) in [6.07, 6.45) is 3.17. The highest BCUT2D eigenvalue weighted by Crippen LogP contribution is 2.31. The maximum Gasteiger partial charge on any atom is 0.252 e. The third-order valence-electron chi connectivity index (χ3n) is 4.36. The number of aromatic nitrogens is 3. The predicted molar refractivity (Wildman–Crippen MR) is 93.1 cm³/mol. The lowest BCUT2D eigenvalue weighted by molar-refractivity contribution is 0.228. The first kappa shape index (κ1) is 15.7. The Bertz CT molecular complexity index is 893. The quantitative estimate of drug-likeness (QED) is 0.764. The van der Waals surface area contributed by atoms with Crippen molar-refractivity contribution in [2.24, 2.45) is 5.92 Å². The minimum absolute atomic E-state index is 0.350. The Morgan fingerprint density at radius 2 is 2.24 bits per heavy atom. The number of nitrogens with zero attached hydrogens (tertiary/aromatic N) is 3. The van der Waals surface area contributed by atoms with Crippen LogP contribution in [0, 0.1) is 5.92 Å². The van der Waals surface area contributed by atoms with Gasteiger partial charge in [-0.1, -0.05) is 13.0 Å². The summed E-state index contributed by atoms with van der Waals surface area (Å²) in [7, 11) is 1.66. The highest BCUT2D eigenvalue weighted by molar-refractivity contribution is 5.80. The summed E-state index contributed by atoms with van der Waals surface area (Å²) in [6.45, 7) is 3.39. The van der Waals surface area contributed by atoms with Crippen LogP contribution in [0.4, 0.5) is 5.82 Å². The van der Waals surface area contributed by atoms with E-state index >= 15 is 0 Å². The van der Waals surface area contributed by atoms with Crippen molar-refractivity contribution in [3.05, 3.63) is 36.0 Å². The maximum absolute atomic E-state index is 5.89. The van der Waals surface area contributed by atoms with Gasteiger partial charge in [0.1, 0.15) is 17.8 Å². The Kier molecular flexibility index (Phi) is 4.13. The lowest BCUT2D eigenvalue weighted by atomic mass is 9.96. The Labute approximate surface area is 145 Å². The molecule has 25 heavy (non-hydrogen) atoms. The number of fused-ring (bicyclic) bond motifs is 2. The number of anilines is 1. The number of methoxy groups -OCH3 is 1. The van der Waals surface area contributed by atoms with Crippen molar-refractivity contribution in [2.75, 3.05) is 25.6 Å². The maximum atomic E-state index is 5.89. The minimum Gasteiger partial charge on any atom is -0.497 e. The van der Waals surface area contributed by atoms with Crippen LogP contribution in [0.1, 0.15) is 18.4 Å². The van der Waals surface area contributed by atoms with E-state index in [0.717, 1.165) is 30.9 Å². The van der Waals surface area contributed by atoms with Crippen LogP contribution < -0.4 is 14.8 Å². The number of oxazole rings is 1. The third kappa shape index (κ3) is 3.09. The summed E-state index contributed by atoms with van der Waals surface area (Å²) in [6, 6.07) is 5.97. The van der Waals surface area contributed by atoms with Crippen LogP contribution in [-0.4, -0.2) is 35.2 Å². The van der Waals surface area contributed by atoms with Gasteiger partial charge in [-0.25, -0.2) is 9.97 Å². The monoisotopic (exact) mass is 340 g/mol. The largest absolute Gasteiger partial charge is 0.497 e. The molecular weight excluding hydrogens is 320 g/mol. The van der Waals surface area contributed by atoms with Gasteiger partial charge >= 0.3 is 0 Å².